The summed E-state index contributed by atoms with van der Waals surface area (Å²) in [5.41, 5.74) is 1.04. The molecule has 1 atom stereocenters. The summed E-state index contributed by atoms with van der Waals surface area (Å²) in [4.78, 5) is 22.9. The smallest absolute Gasteiger partial charge is 0.412 e. The number of nitrogens with one attached hydrogen (secondary N) is 1. The number of benzene rings is 2. The zero-order valence-corrected chi connectivity index (χ0v) is 17.9. The van der Waals surface area contributed by atoms with Crippen molar-refractivity contribution in [3.63, 3.8) is 0 Å². The van der Waals surface area contributed by atoms with E-state index in [1.54, 1.807) is 42.5 Å². The van der Waals surface area contributed by atoms with E-state index in [0.29, 0.717) is 35.0 Å². The van der Waals surface area contributed by atoms with E-state index >= 15 is 0 Å². The fraction of sp³-hybridized carbons (Fsp3) is 0.200. The van der Waals surface area contributed by atoms with Gasteiger partial charge in [0.05, 0.1) is 4.47 Å². The minimum absolute atomic E-state index is 0.0122. The molecule has 0 bridgehead atoms. The van der Waals surface area contributed by atoms with Gasteiger partial charge in [-0.25, -0.2) is 9.59 Å². The number of anilines is 1. The second-order valence-corrected chi connectivity index (χ2v) is 7.65. The number of unbranched alkanes of at least 4 members (excludes halogenated alkanes) is 1. The van der Waals surface area contributed by atoms with Crippen LogP contribution in [0, 0.1) is 0 Å². The number of rotatable bonds is 8. The normalized spacial score (nSPS) is 11.9. The van der Waals surface area contributed by atoms with E-state index in [4.69, 9.17) is 9.84 Å². The van der Waals surface area contributed by atoms with Gasteiger partial charge in [0.15, 0.2) is 0 Å². The van der Waals surface area contributed by atoms with Gasteiger partial charge in [0.1, 0.15) is 11.9 Å². The first-order valence-corrected chi connectivity index (χ1v) is 10.1. The molecule has 0 fully saturated rings. The molecule has 2 aromatic rings. The largest absolute Gasteiger partial charge is 0.506 e. The highest BCUT2D eigenvalue weighted by Gasteiger charge is 2.22. The van der Waals surface area contributed by atoms with Gasteiger partial charge in [-0.2, -0.15) is 0 Å². The molecule has 28 heavy (non-hydrogen) atoms. The highest BCUT2D eigenvalue weighted by molar-refractivity contribution is 9.11. The van der Waals surface area contributed by atoms with E-state index in [-0.39, 0.29) is 5.75 Å². The second-order valence-electron chi connectivity index (χ2n) is 5.88. The van der Waals surface area contributed by atoms with E-state index < -0.39 is 18.2 Å². The van der Waals surface area contributed by atoms with Crippen molar-refractivity contribution in [3.8, 4) is 5.75 Å². The number of ether oxygens (including phenoxy) is 1. The Hall–Kier alpha value is -2.32. The van der Waals surface area contributed by atoms with Crippen LogP contribution < -0.4 is 5.32 Å². The number of para-hydroxylation sites is 1. The molecular formula is C20H19Br2NO5. The van der Waals surface area contributed by atoms with Crippen LogP contribution in [0.1, 0.15) is 30.9 Å². The van der Waals surface area contributed by atoms with Gasteiger partial charge in [0.2, 0.25) is 0 Å². The number of carbonyl (C=O) groups excluding carboxylic acids is 1. The lowest BCUT2D eigenvalue weighted by atomic mass is 10.0. The Labute approximate surface area is 179 Å². The Morgan fingerprint density at radius 2 is 1.89 bits per heavy atom. The molecule has 3 N–H and O–H groups in total. The number of hydrogen-bond acceptors (Lipinski definition) is 4. The number of carbonyl (C=O) groups is 2. The van der Waals surface area contributed by atoms with Crippen LogP contribution in [-0.2, 0) is 9.53 Å². The van der Waals surface area contributed by atoms with Crippen molar-refractivity contribution in [1.82, 2.24) is 0 Å². The van der Waals surface area contributed by atoms with Crippen molar-refractivity contribution in [2.24, 2.45) is 0 Å². The maximum absolute atomic E-state index is 12.3. The molecule has 0 saturated carbocycles. The summed E-state index contributed by atoms with van der Waals surface area (Å²) in [7, 11) is 0. The monoisotopic (exact) mass is 511 g/mol. The molecule has 148 valence electrons. The maximum Gasteiger partial charge on any atom is 0.412 e. The highest BCUT2D eigenvalue weighted by Crippen LogP contribution is 2.38. The third kappa shape index (κ3) is 7.01. The highest BCUT2D eigenvalue weighted by atomic mass is 79.9. The molecule has 0 aliphatic heterocycles. The molecule has 2 aromatic carbocycles. The third-order valence-corrected chi connectivity index (χ3v) is 4.83. The number of hydrogen-bond donors (Lipinski definition) is 3. The second kappa shape index (κ2) is 10.9. The van der Waals surface area contributed by atoms with Gasteiger partial charge in [-0.15, -0.1) is 0 Å². The van der Waals surface area contributed by atoms with E-state index in [1.165, 1.54) is 0 Å². The van der Waals surface area contributed by atoms with Gasteiger partial charge in [-0.05, 0) is 59.5 Å². The number of halogens is 2. The first kappa shape index (κ1) is 22.0. The minimum atomic E-state index is -1.01. The molecule has 0 saturated heterocycles. The molecule has 2 rings (SSSR count). The van der Waals surface area contributed by atoms with Crippen LogP contribution in [0.3, 0.4) is 0 Å². The first-order chi connectivity index (χ1) is 13.4. The number of aliphatic carboxylic acids is 1. The summed E-state index contributed by atoms with van der Waals surface area (Å²) in [6.45, 7) is 0. The van der Waals surface area contributed by atoms with Crippen LogP contribution in [0.2, 0.25) is 0 Å². The molecule has 0 aliphatic carbocycles. The van der Waals surface area contributed by atoms with Gasteiger partial charge in [0, 0.05) is 21.8 Å². The summed E-state index contributed by atoms with van der Waals surface area (Å²) >= 11 is 6.65. The summed E-state index contributed by atoms with van der Waals surface area (Å²) in [6.07, 6.45) is 2.73. The average Bonchev–Trinajstić information content (AvgIpc) is 2.64. The molecule has 6 nitrogen and oxygen atoms in total. The fourth-order valence-electron chi connectivity index (χ4n) is 2.51. The van der Waals surface area contributed by atoms with Crippen molar-refractivity contribution in [1.29, 1.82) is 0 Å². The van der Waals surface area contributed by atoms with Gasteiger partial charge in [-0.3, -0.25) is 5.32 Å². The lowest BCUT2D eigenvalue weighted by Crippen LogP contribution is -2.18. The van der Waals surface area contributed by atoms with Crippen molar-refractivity contribution >= 4 is 49.6 Å². The van der Waals surface area contributed by atoms with Crippen molar-refractivity contribution in [2.45, 2.75) is 25.4 Å². The zero-order valence-electron chi connectivity index (χ0n) is 14.8. The van der Waals surface area contributed by atoms with Crippen LogP contribution in [-0.4, -0.2) is 22.3 Å². The van der Waals surface area contributed by atoms with Gasteiger partial charge in [0.25, 0.3) is 0 Å². The van der Waals surface area contributed by atoms with E-state index in [9.17, 15) is 14.7 Å². The summed E-state index contributed by atoms with van der Waals surface area (Å²) < 4.78 is 6.76. The Kier molecular flexibility index (Phi) is 8.53. The number of carboxylic acids is 1. The van der Waals surface area contributed by atoms with Crippen molar-refractivity contribution in [3.05, 3.63) is 69.1 Å². The molecule has 0 radical (unpaired) electrons. The Morgan fingerprint density at radius 3 is 2.57 bits per heavy atom. The number of phenols is 1. The maximum atomic E-state index is 12.3. The Balaban J connectivity index is 2.14. The molecular weight excluding hydrogens is 494 g/mol. The number of aromatic hydroxyl groups is 1. The third-order valence-electron chi connectivity index (χ3n) is 3.77. The quantitative estimate of drug-likeness (QED) is 0.297. The van der Waals surface area contributed by atoms with Crippen molar-refractivity contribution < 1.29 is 24.5 Å². The van der Waals surface area contributed by atoms with Gasteiger partial charge >= 0.3 is 12.1 Å². The standard InChI is InChI=1S/C20H19Br2NO5/c21-13-11-15(19(26)16(22)12-13)17(9-5-2-6-10-18(24)25)28-20(27)23-14-7-3-1-4-8-14/h1,3-4,6-8,10-12,17,26H,2,5,9H2,(H,23,27)(H,24,25)/b10-6+/t17-/m1/s1. The van der Waals surface area contributed by atoms with Crippen LogP contribution >= 0.6 is 31.9 Å². The van der Waals surface area contributed by atoms with E-state index in [1.807, 2.05) is 6.07 Å². The zero-order chi connectivity index (χ0) is 20.5. The molecule has 0 aromatic heterocycles. The Bertz CT molecular complexity index is 855. The lowest BCUT2D eigenvalue weighted by molar-refractivity contribution is -0.131. The topological polar surface area (TPSA) is 95.9 Å². The Morgan fingerprint density at radius 1 is 1.18 bits per heavy atom. The lowest BCUT2D eigenvalue weighted by Gasteiger charge is -2.20. The van der Waals surface area contributed by atoms with Crippen LogP contribution in [0.5, 0.6) is 5.75 Å². The predicted molar refractivity (Wildman–Crippen MR) is 113 cm³/mol. The fourth-order valence-corrected chi connectivity index (χ4v) is 3.77. The molecule has 0 aliphatic rings. The molecule has 1 amide bonds. The van der Waals surface area contributed by atoms with Crippen molar-refractivity contribution in [2.75, 3.05) is 5.32 Å². The number of amides is 1. The number of phenolic OH excluding ortho intramolecular Hbond substituents is 1. The van der Waals surface area contributed by atoms with Gasteiger partial charge in [-0.1, -0.05) is 40.2 Å². The molecule has 0 spiro atoms. The SMILES string of the molecule is O=C(O)/C=C/CCC[C@@H](OC(=O)Nc1ccccc1)c1cc(Br)cc(Br)c1O. The van der Waals surface area contributed by atoms with Crippen LogP contribution in [0.25, 0.3) is 0 Å². The van der Waals surface area contributed by atoms with Crippen LogP contribution in [0.4, 0.5) is 10.5 Å². The van der Waals surface area contributed by atoms with E-state index in [0.717, 1.165) is 10.5 Å². The molecule has 0 heterocycles. The minimum Gasteiger partial charge on any atom is -0.506 e. The molecule has 8 heteroatoms. The summed E-state index contributed by atoms with van der Waals surface area (Å²) in [5, 5.41) is 21.7. The average molecular weight is 513 g/mol. The first-order valence-electron chi connectivity index (χ1n) is 8.47. The van der Waals surface area contributed by atoms with E-state index in [2.05, 4.69) is 37.2 Å². The van der Waals surface area contributed by atoms with Crippen LogP contribution in [0.15, 0.2) is 63.6 Å². The number of allylic oxidation sites excluding steroid dienone is 1. The summed E-state index contributed by atoms with van der Waals surface area (Å²) in [5.74, 6) is -1.02. The van der Waals surface area contributed by atoms with Gasteiger partial charge < -0.3 is 14.9 Å². The predicted octanol–water partition coefficient (Wildman–Crippen LogP) is 6.02. The molecule has 0 unspecified atom stereocenters. The summed E-state index contributed by atoms with van der Waals surface area (Å²) in [6, 6.07) is 12.3. The number of carboxylic acid groups (broad SMARTS) is 1.